The summed E-state index contributed by atoms with van der Waals surface area (Å²) in [5.41, 5.74) is 0. The maximum Gasteiger partial charge on any atom is 0.328 e. The number of aromatic amines is 1. The number of hydrogen-bond acceptors (Lipinski definition) is 3. The molecule has 0 radical (unpaired) electrons. The van der Waals surface area contributed by atoms with E-state index in [1.54, 1.807) is 55.8 Å². The molecule has 0 amide bonds. The van der Waals surface area contributed by atoms with E-state index in [-0.39, 0.29) is 4.90 Å². The van der Waals surface area contributed by atoms with Crippen LogP contribution in [-0.2, 0) is 10.0 Å². The molecule has 0 unspecified atom stereocenters. The number of sulfonamides is 1. The van der Waals surface area contributed by atoms with Crippen molar-refractivity contribution in [1.82, 2.24) is 0 Å². The van der Waals surface area contributed by atoms with Gasteiger partial charge in [0.05, 0.1) is 13.3 Å². The summed E-state index contributed by atoms with van der Waals surface area (Å²) in [5.74, 6) is 1.15. The molecule has 0 aliphatic rings. The first-order valence-corrected chi connectivity index (χ1v) is 8.14. The zero-order chi connectivity index (χ0) is 15.6. The Morgan fingerprint density at radius 3 is 2.50 bits per heavy atom. The van der Waals surface area contributed by atoms with Gasteiger partial charge in [-0.15, -0.1) is 0 Å². The summed E-state index contributed by atoms with van der Waals surface area (Å²) in [6, 6.07) is 15.7. The van der Waals surface area contributed by atoms with Gasteiger partial charge in [0.1, 0.15) is 10.6 Å². The average molecular weight is 315 g/mol. The molecule has 112 valence electrons. The molecule has 1 heterocycles. The van der Waals surface area contributed by atoms with Gasteiger partial charge in [-0.05, 0) is 41.1 Å². The first-order chi connectivity index (χ1) is 10.6. The highest BCUT2D eigenvalue weighted by molar-refractivity contribution is 7.92. The average Bonchev–Trinajstić information content (AvgIpc) is 2.54. The lowest BCUT2D eigenvalue weighted by atomic mass is 10.1. The number of fused-ring (bicyclic) bond motifs is 1. The van der Waals surface area contributed by atoms with Crippen LogP contribution in [0.5, 0.6) is 5.75 Å². The van der Waals surface area contributed by atoms with Crippen LogP contribution in [0.25, 0.3) is 10.8 Å². The number of H-pyrrole nitrogens is 1. The van der Waals surface area contributed by atoms with Crippen molar-refractivity contribution in [2.45, 2.75) is 4.90 Å². The van der Waals surface area contributed by atoms with Crippen LogP contribution in [0.3, 0.4) is 0 Å². The van der Waals surface area contributed by atoms with Crippen molar-refractivity contribution in [3.05, 3.63) is 60.8 Å². The molecule has 0 aliphatic heterocycles. The SMILES string of the molecule is COc1ccc2cc(S(=O)(=O)Nc3cccc[nH+]3)ccc2c1. The van der Waals surface area contributed by atoms with E-state index in [1.807, 2.05) is 12.1 Å². The number of nitrogens with one attached hydrogen (secondary N) is 2. The Morgan fingerprint density at radius 2 is 1.77 bits per heavy atom. The smallest absolute Gasteiger partial charge is 0.328 e. The van der Waals surface area contributed by atoms with Gasteiger partial charge >= 0.3 is 10.0 Å². The third kappa shape index (κ3) is 2.87. The molecule has 2 aromatic carbocycles. The van der Waals surface area contributed by atoms with Crippen molar-refractivity contribution < 1.29 is 18.1 Å². The van der Waals surface area contributed by atoms with Gasteiger partial charge in [-0.3, -0.25) is 0 Å². The van der Waals surface area contributed by atoms with E-state index < -0.39 is 10.0 Å². The van der Waals surface area contributed by atoms with Crippen LogP contribution in [0.2, 0.25) is 0 Å². The maximum atomic E-state index is 12.4. The van der Waals surface area contributed by atoms with Crippen molar-refractivity contribution in [1.29, 1.82) is 0 Å². The van der Waals surface area contributed by atoms with Gasteiger partial charge in [-0.1, -0.05) is 18.2 Å². The van der Waals surface area contributed by atoms with Gasteiger partial charge in [0, 0.05) is 6.07 Å². The van der Waals surface area contributed by atoms with Gasteiger partial charge in [0.25, 0.3) is 5.82 Å². The van der Waals surface area contributed by atoms with E-state index in [0.29, 0.717) is 5.82 Å². The van der Waals surface area contributed by atoms with E-state index in [2.05, 4.69) is 9.71 Å². The van der Waals surface area contributed by atoms with Gasteiger partial charge in [-0.25, -0.2) is 4.98 Å². The summed E-state index contributed by atoms with van der Waals surface area (Å²) < 4.78 is 32.5. The Morgan fingerprint density at radius 1 is 1.00 bits per heavy atom. The Kier molecular flexibility index (Phi) is 3.68. The zero-order valence-electron chi connectivity index (χ0n) is 11.9. The molecule has 0 aliphatic carbocycles. The van der Waals surface area contributed by atoms with E-state index in [9.17, 15) is 8.42 Å². The van der Waals surface area contributed by atoms with Crippen LogP contribution in [0.15, 0.2) is 65.7 Å². The molecule has 3 rings (SSSR count). The highest BCUT2D eigenvalue weighted by Crippen LogP contribution is 2.24. The Balaban J connectivity index is 1.98. The first kappa shape index (κ1) is 14.3. The van der Waals surface area contributed by atoms with Gasteiger partial charge < -0.3 is 4.74 Å². The highest BCUT2D eigenvalue weighted by Gasteiger charge is 2.20. The third-order valence-electron chi connectivity index (χ3n) is 3.28. The number of pyridine rings is 1. The minimum atomic E-state index is -3.63. The summed E-state index contributed by atoms with van der Waals surface area (Å²) in [6.45, 7) is 0. The van der Waals surface area contributed by atoms with Gasteiger partial charge in [0.2, 0.25) is 0 Å². The molecule has 0 bridgehead atoms. The quantitative estimate of drug-likeness (QED) is 0.804. The summed E-state index contributed by atoms with van der Waals surface area (Å²) in [7, 11) is -2.04. The second kappa shape index (κ2) is 5.65. The van der Waals surface area contributed by atoms with Gasteiger partial charge in [0.15, 0.2) is 0 Å². The Labute approximate surface area is 128 Å². The Hall–Kier alpha value is -2.60. The van der Waals surface area contributed by atoms with E-state index in [1.165, 1.54) is 0 Å². The van der Waals surface area contributed by atoms with E-state index >= 15 is 0 Å². The Bertz CT molecular complexity index is 909. The molecule has 1 aromatic heterocycles. The van der Waals surface area contributed by atoms with Crippen LogP contribution in [0.4, 0.5) is 5.82 Å². The van der Waals surface area contributed by atoms with Crippen molar-refractivity contribution in [3.63, 3.8) is 0 Å². The number of anilines is 1. The fourth-order valence-electron chi connectivity index (χ4n) is 2.16. The van der Waals surface area contributed by atoms with Crippen molar-refractivity contribution in [2.24, 2.45) is 0 Å². The molecule has 6 heteroatoms. The predicted octanol–water partition coefficient (Wildman–Crippen LogP) is 2.46. The lowest BCUT2D eigenvalue weighted by Gasteiger charge is -2.05. The number of rotatable bonds is 4. The van der Waals surface area contributed by atoms with E-state index in [4.69, 9.17) is 4.74 Å². The fraction of sp³-hybridized carbons (Fsp3) is 0.0625. The molecule has 5 nitrogen and oxygen atoms in total. The van der Waals surface area contributed by atoms with Crippen LogP contribution >= 0.6 is 0 Å². The second-order valence-corrected chi connectivity index (χ2v) is 6.44. The molecule has 0 spiro atoms. The molecule has 2 N–H and O–H groups in total. The highest BCUT2D eigenvalue weighted by atomic mass is 32.2. The second-order valence-electron chi connectivity index (χ2n) is 4.76. The molecule has 0 saturated heterocycles. The van der Waals surface area contributed by atoms with Crippen LogP contribution < -0.4 is 14.4 Å². The monoisotopic (exact) mass is 315 g/mol. The molecule has 0 saturated carbocycles. The van der Waals surface area contributed by atoms with E-state index in [0.717, 1.165) is 16.5 Å². The minimum Gasteiger partial charge on any atom is -0.497 e. The van der Waals surface area contributed by atoms with Gasteiger partial charge in [-0.2, -0.15) is 13.1 Å². The maximum absolute atomic E-state index is 12.4. The molecule has 0 atom stereocenters. The van der Waals surface area contributed by atoms with Crippen LogP contribution in [0.1, 0.15) is 0 Å². The molecule has 22 heavy (non-hydrogen) atoms. The summed E-state index contributed by atoms with van der Waals surface area (Å²) in [4.78, 5) is 3.05. The molecule has 0 fully saturated rings. The molecule has 3 aromatic rings. The summed E-state index contributed by atoms with van der Waals surface area (Å²) in [5, 5.41) is 1.75. The number of hydrogen-bond donors (Lipinski definition) is 1. The van der Waals surface area contributed by atoms with Crippen molar-refractivity contribution in [3.8, 4) is 5.75 Å². The standard InChI is InChI=1S/C16H14N2O3S/c1-21-14-7-5-13-11-15(8-6-12(13)10-14)22(19,20)18-16-4-2-3-9-17-16/h2-11H,1H3,(H,17,18)/p+1. The fourth-order valence-corrected chi connectivity index (χ4v) is 3.22. The number of aromatic nitrogens is 1. The topological polar surface area (TPSA) is 69.5 Å². The van der Waals surface area contributed by atoms with Crippen molar-refractivity contribution in [2.75, 3.05) is 11.8 Å². The lowest BCUT2D eigenvalue weighted by Crippen LogP contribution is -2.19. The largest absolute Gasteiger partial charge is 0.497 e. The number of methoxy groups -OCH3 is 1. The van der Waals surface area contributed by atoms with Crippen molar-refractivity contribution >= 4 is 26.6 Å². The summed E-state index contributed by atoms with van der Waals surface area (Å²) >= 11 is 0. The normalized spacial score (nSPS) is 11.3. The zero-order valence-corrected chi connectivity index (χ0v) is 12.7. The van der Waals surface area contributed by atoms with Crippen LogP contribution in [0, 0.1) is 0 Å². The first-order valence-electron chi connectivity index (χ1n) is 6.66. The number of ether oxygens (including phenoxy) is 1. The predicted molar refractivity (Wildman–Crippen MR) is 84.3 cm³/mol. The molecular weight excluding hydrogens is 300 g/mol. The van der Waals surface area contributed by atoms with Crippen LogP contribution in [-0.4, -0.2) is 15.5 Å². The molecular formula is C16H15N2O3S+. The minimum absolute atomic E-state index is 0.211. The third-order valence-corrected chi connectivity index (χ3v) is 4.65. The summed E-state index contributed by atoms with van der Waals surface area (Å²) in [6.07, 6.45) is 1.66. The number of benzene rings is 2. The lowest BCUT2D eigenvalue weighted by molar-refractivity contribution is -0.360.